The van der Waals surface area contributed by atoms with Crippen molar-refractivity contribution in [2.24, 2.45) is 0 Å². The van der Waals surface area contributed by atoms with Crippen LogP contribution in [-0.2, 0) is 25.5 Å². The SMILES string of the molecule is CCOC(=O)C1=C(COC(=O)CCc2nc3ccccc3[nH]c2=O)NC(=O)NC1c1ccco1. The number of para-hydroxylation sites is 2. The fourth-order valence-corrected chi connectivity index (χ4v) is 3.53. The summed E-state index contributed by atoms with van der Waals surface area (Å²) >= 11 is 0. The molecule has 176 valence electrons. The molecule has 0 saturated heterocycles. The van der Waals surface area contributed by atoms with Gasteiger partial charge in [0, 0.05) is 6.42 Å². The first-order valence-corrected chi connectivity index (χ1v) is 10.6. The highest BCUT2D eigenvalue weighted by Crippen LogP contribution is 2.28. The van der Waals surface area contributed by atoms with E-state index >= 15 is 0 Å². The molecule has 11 nitrogen and oxygen atoms in total. The number of nitrogens with zero attached hydrogens (tertiary/aromatic N) is 1. The summed E-state index contributed by atoms with van der Waals surface area (Å²) in [6.45, 7) is 1.39. The zero-order valence-electron chi connectivity index (χ0n) is 18.3. The molecule has 11 heteroatoms. The van der Waals surface area contributed by atoms with Crippen LogP contribution in [0.4, 0.5) is 4.79 Å². The van der Waals surface area contributed by atoms with E-state index in [0.29, 0.717) is 16.8 Å². The van der Waals surface area contributed by atoms with E-state index in [2.05, 4.69) is 20.6 Å². The molecule has 0 aliphatic carbocycles. The van der Waals surface area contributed by atoms with Gasteiger partial charge in [0.25, 0.3) is 5.56 Å². The smallest absolute Gasteiger partial charge is 0.338 e. The second kappa shape index (κ2) is 10.0. The normalized spacial score (nSPS) is 15.6. The van der Waals surface area contributed by atoms with Gasteiger partial charge in [-0.2, -0.15) is 0 Å². The Bertz CT molecular complexity index is 1310. The standard InChI is InChI=1S/C23H22N4O7/c1-2-32-22(30)19-16(26-23(31)27-20(19)17-8-5-11-33-17)12-34-18(28)10-9-15-21(29)25-14-7-4-3-6-13(14)24-15/h3-8,11,20H,2,9-10,12H2,1H3,(H,25,29)(H2,26,27,31). The molecule has 0 radical (unpaired) electrons. The van der Waals surface area contributed by atoms with E-state index in [9.17, 15) is 19.2 Å². The third kappa shape index (κ3) is 4.98. The summed E-state index contributed by atoms with van der Waals surface area (Å²) in [6, 6.07) is 8.80. The molecule has 0 spiro atoms. The van der Waals surface area contributed by atoms with Crippen molar-refractivity contribution in [3.63, 3.8) is 0 Å². The molecule has 2 aromatic heterocycles. The van der Waals surface area contributed by atoms with E-state index in [-0.39, 0.29) is 48.6 Å². The monoisotopic (exact) mass is 466 g/mol. The van der Waals surface area contributed by atoms with Crippen LogP contribution in [0.1, 0.15) is 30.8 Å². The number of aryl methyl sites for hydroxylation is 1. The second-order valence-corrected chi connectivity index (χ2v) is 7.35. The Kier molecular flexibility index (Phi) is 6.72. The van der Waals surface area contributed by atoms with Crippen LogP contribution in [-0.4, -0.2) is 41.2 Å². The van der Waals surface area contributed by atoms with Crippen LogP contribution < -0.4 is 16.2 Å². The number of esters is 2. The molecule has 1 atom stereocenters. The number of carbonyl (C=O) groups is 3. The van der Waals surface area contributed by atoms with Crippen LogP contribution in [0.3, 0.4) is 0 Å². The number of nitrogens with one attached hydrogen (secondary N) is 3. The van der Waals surface area contributed by atoms with E-state index in [1.807, 2.05) is 0 Å². The fraction of sp³-hybridized carbons (Fsp3) is 0.261. The minimum atomic E-state index is -0.906. The Morgan fingerprint density at radius 2 is 1.94 bits per heavy atom. The zero-order valence-corrected chi connectivity index (χ0v) is 18.3. The number of urea groups is 1. The lowest BCUT2D eigenvalue weighted by Gasteiger charge is -2.27. The van der Waals surface area contributed by atoms with Crippen LogP contribution in [0.2, 0.25) is 0 Å². The molecule has 0 fully saturated rings. The van der Waals surface area contributed by atoms with Gasteiger partial charge < -0.3 is 29.5 Å². The van der Waals surface area contributed by atoms with Crippen molar-refractivity contribution in [1.82, 2.24) is 20.6 Å². The summed E-state index contributed by atoms with van der Waals surface area (Å²) in [5, 5.41) is 5.10. The Labute approximate surface area is 193 Å². The molecule has 2 amide bonds. The summed E-state index contributed by atoms with van der Waals surface area (Å²) in [6.07, 6.45) is 1.35. The van der Waals surface area contributed by atoms with Crippen LogP contribution in [0.25, 0.3) is 11.0 Å². The number of rotatable bonds is 8. The molecular formula is C23H22N4O7. The van der Waals surface area contributed by atoms with Gasteiger partial charge in [-0.05, 0) is 31.2 Å². The van der Waals surface area contributed by atoms with Gasteiger partial charge in [-0.25, -0.2) is 14.6 Å². The molecule has 1 unspecified atom stereocenters. The number of H-pyrrole nitrogens is 1. The average Bonchev–Trinajstić information content (AvgIpc) is 3.36. The fourth-order valence-electron chi connectivity index (χ4n) is 3.53. The lowest BCUT2D eigenvalue weighted by molar-refractivity contribution is -0.143. The Morgan fingerprint density at radius 3 is 2.71 bits per heavy atom. The highest BCUT2D eigenvalue weighted by Gasteiger charge is 2.35. The minimum absolute atomic E-state index is 0.0612. The van der Waals surface area contributed by atoms with Crippen LogP contribution in [0, 0.1) is 0 Å². The number of aromatic amines is 1. The van der Waals surface area contributed by atoms with Crippen molar-refractivity contribution >= 4 is 29.0 Å². The maximum atomic E-state index is 12.6. The summed E-state index contributed by atoms with van der Waals surface area (Å²) in [5.74, 6) is -0.995. The molecule has 1 aliphatic rings. The molecule has 3 aromatic rings. The number of benzene rings is 1. The van der Waals surface area contributed by atoms with Gasteiger partial charge in [0.2, 0.25) is 0 Å². The maximum Gasteiger partial charge on any atom is 0.338 e. The number of hydrogen-bond acceptors (Lipinski definition) is 8. The number of carbonyl (C=O) groups excluding carboxylic acids is 3. The van der Waals surface area contributed by atoms with E-state index in [0.717, 1.165) is 0 Å². The van der Waals surface area contributed by atoms with Gasteiger partial charge >= 0.3 is 18.0 Å². The molecular weight excluding hydrogens is 444 g/mol. The van der Waals surface area contributed by atoms with Gasteiger partial charge in [-0.15, -0.1) is 0 Å². The average molecular weight is 466 g/mol. The van der Waals surface area contributed by atoms with Crippen molar-refractivity contribution in [3.05, 3.63) is 75.7 Å². The Morgan fingerprint density at radius 1 is 1.12 bits per heavy atom. The number of fused-ring (bicyclic) bond motifs is 1. The lowest BCUT2D eigenvalue weighted by Crippen LogP contribution is -2.47. The third-order valence-electron chi connectivity index (χ3n) is 5.09. The first-order valence-electron chi connectivity index (χ1n) is 10.6. The van der Waals surface area contributed by atoms with Crippen molar-refractivity contribution in [1.29, 1.82) is 0 Å². The van der Waals surface area contributed by atoms with Gasteiger partial charge in [0.15, 0.2) is 0 Å². The van der Waals surface area contributed by atoms with E-state index in [4.69, 9.17) is 13.9 Å². The van der Waals surface area contributed by atoms with Crippen molar-refractivity contribution in [2.45, 2.75) is 25.8 Å². The lowest BCUT2D eigenvalue weighted by atomic mass is 10.0. The van der Waals surface area contributed by atoms with Crippen molar-refractivity contribution < 1.29 is 28.3 Å². The van der Waals surface area contributed by atoms with E-state index in [1.54, 1.807) is 43.3 Å². The second-order valence-electron chi connectivity index (χ2n) is 7.35. The van der Waals surface area contributed by atoms with Gasteiger partial charge in [-0.1, -0.05) is 12.1 Å². The van der Waals surface area contributed by atoms with Crippen LogP contribution in [0.5, 0.6) is 0 Å². The molecule has 0 saturated carbocycles. The van der Waals surface area contributed by atoms with Crippen LogP contribution in [0.15, 0.2) is 63.1 Å². The minimum Gasteiger partial charge on any atom is -0.467 e. The molecule has 1 aromatic carbocycles. The predicted octanol–water partition coefficient (Wildman–Crippen LogP) is 1.86. The molecule has 1 aliphatic heterocycles. The molecule has 3 heterocycles. The third-order valence-corrected chi connectivity index (χ3v) is 5.09. The van der Waals surface area contributed by atoms with E-state index < -0.39 is 24.0 Å². The van der Waals surface area contributed by atoms with Gasteiger partial charge in [0.05, 0.1) is 41.6 Å². The van der Waals surface area contributed by atoms with Gasteiger partial charge in [0.1, 0.15) is 24.1 Å². The summed E-state index contributed by atoms with van der Waals surface area (Å²) in [7, 11) is 0. The van der Waals surface area contributed by atoms with E-state index in [1.165, 1.54) is 6.26 Å². The van der Waals surface area contributed by atoms with Crippen molar-refractivity contribution in [2.75, 3.05) is 13.2 Å². The number of amides is 2. The molecule has 0 bridgehead atoms. The van der Waals surface area contributed by atoms with Crippen LogP contribution >= 0.6 is 0 Å². The maximum absolute atomic E-state index is 12.6. The van der Waals surface area contributed by atoms with Gasteiger partial charge in [-0.3, -0.25) is 9.59 Å². The topological polar surface area (TPSA) is 153 Å². The largest absolute Gasteiger partial charge is 0.467 e. The molecule has 4 rings (SSSR count). The number of ether oxygens (including phenoxy) is 2. The summed E-state index contributed by atoms with van der Waals surface area (Å²) in [4.78, 5) is 56.4. The summed E-state index contributed by atoms with van der Waals surface area (Å²) < 4.78 is 15.8. The summed E-state index contributed by atoms with van der Waals surface area (Å²) in [5.41, 5.74) is 1.18. The predicted molar refractivity (Wildman–Crippen MR) is 118 cm³/mol. The number of hydrogen-bond donors (Lipinski definition) is 3. The first-order chi connectivity index (χ1) is 16.5. The Hall–Kier alpha value is -4.41. The zero-order chi connectivity index (χ0) is 24.1. The highest BCUT2D eigenvalue weighted by atomic mass is 16.5. The number of aromatic nitrogens is 2. The Balaban J connectivity index is 1.47. The molecule has 34 heavy (non-hydrogen) atoms. The first kappa shape index (κ1) is 22.8. The highest BCUT2D eigenvalue weighted by molar-refractivity contribution is 5.95. The number of furan rings is 1. The quantitative estimate of drug-likeness (QED) is 0.425. The van der Waals surface area contributed by atoms with Crippen molar-refractivity contribution in [3.8, 4) is 0 Å². The molecule has 3 N–H and O–H groups in total.